The van der Waals surface area contributed by atoms with E-state index < -0.39 is 0 Å². The predicted molar refractivity (Wildman–Crippen MR) is 33.0 cm³/mol. The third-order valence-corrected chi connectivity index (χ3v) is 0. The number of nitrogens with two attached hydrogens (primary N) is 1. The van der Waals surface area contributed by atoms with Crippen LogP contribution in [-0.4, -0.2) is 4.32 Å². The van der Waals surface area contributed by atoms with Crippen LogP contribution in [0.5, 0.6) is 0 Å². The van der Waals surface area contributed by atoms with Gasteiger partial charge in [-0.25, -0.2) is 0 Å². The normalized spacial score (nSPS) is 5.00. The summed E-state index contributed by atoms with van der Waals surface area (Å²) in [6.45, 7) is 0. The fraction of sp³-hybridized carbons (Fsp3) is 0. The van der Waals surface area contributed by atoms with Gasteiger partial charge in [-0.2, -0.15) is 0 Å². The molecule has 0 heterocycles. The van der Waals surface area contributed by atoms with Crippen molar-refractivity contribution in [2.75, 3.05) is 0 Å². The van der Waals surface area contributed by atoms with E-state index >= 15 is 0 Å². The second kappa shape index (κ2) is 4.53. The molecule has 4 heteroatoms. The minimum absolute atomic E-state index is 0. The number of hydrogen-bond acceptors (Lipinski definition) is 1. The van der Waals surface area contributed by atoms with Gasteiger partial charge >= 0.3 is 0 Å². The van der Waals surface area contributed by atoms with Gasteiger partial charge in [0.15, 0.2) is 0 Å². The molecular weight excluding hydrogens is 126 g/mol. The molecule has 0 aliphatic rings. The van der Waals surface area contributed by atoms with Crippen molar-refractivity contribution in [2.45, 2.75) is 0 Å². The highest BCUT2D eigenvalue weighted by Crippen LogP contribution is 1.63. The van der Waals surface area contributed by atoms with E-state index in [1.165, 1.54) is 0 Å². The predicted octanol–water partition coefficient (Wildman–Crippen LogP) is 0.582. The van der Waals surface area contributed by atoms with Crippen molar-refractivity contribution in [1.82, 2.24) is 0 Å². The van der Waals surface area contributed by atoms with Gasteiger partial charge in [-0.15, -0.1) is 25.0 Å². The summed E-state index contributed by atoms with van der Waals surface area (Å²) in [4.78, 5) is 0. The van der Waals surface area contributed by atoms with Gasteiger partial charge in [0.25, 0.3) is 0 Å². The average Bonchev–Trinajstić information content (AvgIpc) is 0.811. The standard InChI is InChI=1S/CH3NS2.ClH/c2-1(3)4;/h(H3,2,3,4);1H. The minimum Gasteiger partial charge on any atom is -0.385 e. The number of halogens is 1. The molecule has 0 rings (SSSR count). The first-order chi connectivity index (χ1) is 1.73. The van der Waals surface area contributed by atoms with E-state index in [0.29, 0.717) is 0 Å². The average molecular weight is 130 g/mol. The summed E-state index contributed by atoms with van der Waals surface area (Å²) in [6.07, 6.45) is 0. The minimum atomic E-state index is 0. The summed E-state index contributed by atoms with van der Waals surface area (Å²) in [5, 5.41) is 0. The fourth-order valence-electron chi connectivity index (χ4n) is 0. The molecule has 1 nitrogen and oxygen atoms in total. The van der Waals surface area contributed by atoms with Crippen LogP contribution in [0, 0.1) is 0 Å². The Morgan fingerprint density at radius 3 is 1.80 bits per heavy atom. The Morgan fingerprint density at radius 1 is 1.80 bits per heavy atom. The van der Waals surface area contributed by atoms with Gasteiger partial charge in [0.05, 0.1) is 0 Å². The van der Waals surface area contributed by atoms with Crippen LogP contribution in [0.1, 0.15) is 0 Å². The maximum atomic E-state index is 4.71. The van der Waals surface area contributed by atoms with Gasteiger partial charge in [-0.1, -0.05) is 12.2 Å². The van der Waals surface area contributed by atoms with Crippen LogP contribution in [0.15, 0.2) is 0 Å². The van der Waals surface area contributed by atoms with Crippen molar-refractivity contribution in [1.29, 1.82) is 0 Å². The molecule has 0 spiro atoms. The molecule has 0 radical (unpaired) electrons. The van der Waals surface area contributed by atoms with Gasteiger partial charge in [-0.3, -0.25) is 0 Å². The molecule has 0 unspecified atom stereocenters. The number of hydrogen-bond donors (Lipinski definition) is 2. The van der Waals surface area contributed by atoms with E-state index in [0.717, 1.165) is 0 Å². The number of rotatable bonds is 0. The molecule has 0 saturated carbocycles. The first-order valence-corrected chi connectivity index (χ1v) is 1.57. The first-order valence-electron chi connectivity index (χ1n) is 0.716. The van der Waals surface area contributed by atoms with E-state index in [4.69, 9.17) is 5.73 Å². The van der Waals surface area contributed by atoms with Crippen LogP contribution in [-0.2, 0) is 0 Å². The van der Waals surface area contributed by atoms with Gasteiger partial charge in [0.1, 0.15) is 4.32 Å². The summed E-state index contributed by atoms with van der Waals surface area (Å²) >= 11 is 7.65. The Bertz CT molecular complexity index is 32.6. The number of thiocarbonyl (C=S) groups is 1. The lowest BCUT2D eigenvalue weighted by atomic mass is 11.5. The Morgan fingerprint density at radius 2 is 1.80 bits per heavy atom. The van der Waals surface area contributed by atoms with Gasteiger partial charge < -0.3 is 5.73 Å². The van der Waals surface area contributed by atoms with E-state index in [-0.39, 0.29) is 16.7 Å². The van der Waals surface area contributed by atoms with E-state index in [1.54, 1.807) is 0 Å². The van der Waals surface area contributed by atoms with Crippen molar-refractivity contribution in [3.05, 3.63) is 0 Å². The summed E-state index contributed by atoms with van der Waals surface area (Å²) in [5.41, 5.74) is 4.71. The molecule has 32 valence electrons. The van der Waals surface area contributed by atoms with Crippen LogP contribution >= 0.6 is 37.3 Å². The third-order valence-electron chi connectivity index (χ3n) is 0. The van der Waals surface area contributed by atoms with Crippen molar-refractivity contribution in [2.24, 2.45) is 5.73 Å². The monoisotopic (exact) mass is 129 g/mol. The van der Waals surface area contributed by atoms with Gasteiger partial charge in [-0.05, 0) is 0 Å². The first kappa shape index (κ1) is 9.11. The highest BCUT2D eigenvalue weighted by Gasteiger charge is 1.55. The van der Waals surface area contributed by atoms with Crippen LogP contribution in [0.3, 0.4) is 0 Å². The molecule has 0 amide bonds. The lowest BCUT2D eigenvalue weighted by Gasteiger charge is -1.64. The SMILES string of the molecule is Cl.NC(=S)S. The molecule has 0 fully saturated rings. The lowest BCUT2D eigenvalue weighted by Crippen LogP contribution is -1.94. The highest BCUT2D eigenvalue weighted by molar-refractivity contribution is 8.10. The van der Waals surface area contributed by atoms with E-state index in [1.807, 2.05) is 0 Å². The highest BCUT2D eigenvalue weighted by atomic mass is 35.5. The molecule has 2 N–H and O–H groups in total. The molecule has 0 aromatic carbocycles. The Balaban J connectivity index is 0. The van der Waals surface area contributed by atoms with Crippen LogP contribution in [0.2, 0.25) is 0 Å². The largest absolute Gasteiger partial charge is 0.385 e. The number of thiol groups is 1. The zero-order valence-corrected chi connectivity index (χ0v) is 4.87. The summed E-state index contributed by atoms with van der Waals surface area (Å²) in [6, 6.07) is 0. The lowest BCUT2D eigenvalue weighted by molar-refractivity contribution is 1.91. The zero-order chi connectivity index (χ0) is 3.58. The van der Waals surface area contributed by atoms with Crippen molar-refractivity contribution >= 4 is 41.6 Å². The summed E-state index contributed by atoms with van der Waals surface area (Å²) in [5.74, 6) is 0. The van der Waals surface area contributed by atoms with Crippen molar-refractivity contribution in [3.8, 4) is 0 Å². The smallest absolute Gasteiger partial charge is 0.128 e. The molecule has 0 saturated heterocycles. The summed E-state index contributed by atoms with van der Waals surface area (Å²) < 4.78 is 0.194. The molecule has 5 heavy (non-hydrogen) atoms. The fourth-order valence-corrected chi connectivity index (χ4v) is 0. The third kappa shape index (κ3) is 103. The Hall–Kier alpha value is 0.530. The topological polar surface area (TPSA) is 26.0 Å². The van der Waals surface area contributed by atoms with Gasteiger partial charge in [0, 0.05) is 0 Å². The van der Waals surface area contributed by atoms with E-state index in [2.05, 4.69) is 24.8 Å². The molecule has 0 aliphatic heterocycles. The van der Waals surface area contributed by atoms with Crippen LogP contribution in [0.4, 0.5) is 0 Å². The van der Waals surface area contributed by atoms with Gasteiger partial charge in [0.2, 0.25) is 0 Å². The Labute approximate surface area is 47.7 Å². The maximum absolute atomic E-state index is 4.71. The molecule has 0 atom stereocenters. The van der Waals surface area contributed by atoms with Crippen LogP contribution in [0.25, 0.3) is 0 Å². The maximum Gasteiger partial charge on any atom is 0.128 e. The zero-order valence-electron chi connectivity index (χ0n) is 2.34. The molecule has 0 aromatic rings. The van der Waals surface area contributed by atoms with E-state index in [9.17, 15) is 0 Å². The Kier molecular flexibility index (Phi) is 8.25. The quantitative estimate of drug-likeness (QED) is 0.370. The second-order valence-electron chi connectivity index (χ2n) is 0.338. The van der Waals surface area contributed by atoms with Crippen LogP contribution < -0.4 is 5.73 Å². The molecule has 0 bridgehead atoms. The molecule has 0 aromatic heterocycles. The second-order valence-corrected chi connectivity index (χ2v) is 1.56. The van der Waals surface area contributed by atoms with Crippen molar-refractivity contribution in [3.63, 3.8) is 0 Å². The molecule has 0 aliphatic carbocycles. The molecular formula is CH4ClNS2. The van der Waals surface area contributed by atoms with Crippen molar-refractivity contribution < 1.29 is 0 Å². The summed E-state index contributed by atoms with van der Waals surface area (Å²) in [7, 11) is 0.